The molecule has 0 aromatic rings. The molecule has 2 aliphatic carbocycles. The highest BCUT2D eigenvalue weighted by Crippen LogP contribution is 2.47. The van der Waals surface area contributed by atoms with Crippen molar-refractivity contribution in [3.8, 4) is 0 Å². The summed E-state index contributed by atoms with van der Waals surface area (Å²) in [5.74, 6) is -0.101. The van der Waals surface area contributed by atoms with E-state index in [0.717, 1.165) is 36.7 Å². The number of esters is 1. The van der Waals surface area contributed by atoms with Crippen LogP contribution in [0.25, 0.3) is 0 Å². The highest BCUT2D eigenvalue weighted by molar-refractivity contribution is 5.91. The Bertz CT molecular complexity index is 510. The molecule has 0 amide bonds. The van der Waals surface area contributed by atoms with Crippen molar-refractivity contribution < 1.29 is 14.3 Å². The second-order valence-corrected chi connectivity index (χ2v) is 5.34. The van der Waals surface area contributed by atoms with Gasteiger partial charge in [0.2, 0.25) is 0 Å². The maximum absolute atomic E-state index is 11.7. The molecule has 0 N–H and O–H groups in total. The van der Waals surface area contributed by atoms with Crippen LogP contribution in [0.15, 0.2) is 34.9 Å². The summed E-state index contributed by atoms with van der Waals surface area (Å²) in [6, 6.07) is 0. The van der Waals surface area contributed by atoms with Crippen molar-refractivity contribution in [1.29, 1.82) is 0 Å². The van der Waals surface area contributed by atoms with Gasteiger partial charge in [0.25, 0.3) is 0 Å². The molecule has 3 rings (SSSR count). The number of hydrogen-bond donors (Lipinski definition) is 0. The van der Waals surface area contributed by atoms with E-state index in [-0.39, 0.29) is 23.9 Å². The summed E-state index contributed by atoms with van der Waals surface area (Å²) in [4.78, 5) is 22.9. The van der Waals surface area contributed by atoms with Crippen LogP contribution in [0.4, 0.5) is 0 Å². The van der Waals surface area contributed by atoms with E-state index in [1.807, 2.05) is 0 Å². The van der Waals surface area contributed by atoms with Crippen LogP contribution in [0.5, 0.6) is 0 Å². The van der Waals surface area contributed by atoms with Crippen molar-refractivity contribution in [3.05, 3.63) is 34.9 Å². The van der Waals surface area contributed by atoms with Crippen LogP contribution in [0.3, 0.4) is 0 Å². The van der Waals surface area contributed by atoms with Crippen molar-refractivity contribution in [2.45, 2.75) is 32.3 Å². The molecule has 1 fully saturated rings. The zero-order valence-electron chi connectivity index (χ0n) is 10.4. The number of carbonyl (C=O) groups excluding carboxylic acids is 2. The zero-order valence-corrected chi connectivity index (χ0v) is 10.4. The first kappa shape index (κ1) is 11.5. The first-order valence-electron chi connectivity index (χ1n) is 6.37. The van der Waals surface area contributed by atoms with Gasteiger partial charge in [-0.15, -0.1) is 0 Å². The molecule has 1 heterocycles. The fourth-order valence-electron chi connectivity index (χ4n) is 3.46. The van der Waals surface area contributed by atoms with E-state index in [4.69, 9.17) is 4.74 Å². The predicted molar refractivity (Wildman–Crippen MR) is 66.7 cm³/mol. The number of ether oxygens (including phenoxy) is 1. The van der Waals surface area contributed by atoms with Crippen molar-refractivity contribution in [2.75, 3.05) is 0 Å². The van der Waals surface area contributed by atoms with E-state index in [1.54, 1.807) is 0 Å². The highest BCUT2D eigenvalue weighted by Gasteiger charge is 2.47. The van der Waals surface area contributed by atoms with Crippen LogP contribution < -0.4 is 0 Å². The second kappa shape index (κ2) is 3.94. The third kappa shape index (κ3) is 1.43. The molecule has 1 saturated heterocycles. The standard InChI is InChI=1S/C15H16O3/c1-8-3-5-12-10(7-16)4-6-11-9(2)15(17)18-14(11)13(8)12/h3,7,11,13-14H,2,4-6H2,1H3. The lowest BCUT2D eigenvalue weighted by Crippen LogP contribution is -2.26. The number of carbonyl (C=O) groups is 2. The smallest absolute Gasteiger partial charge is 0.334 e. The number of fused-ring (bicyclic) bond motifs is 3. The molecule has 3 unspecified atom stereocenters. The second-order valence-electron chi connectivity index (χ2n) is 5.34. The van der Waals surface area contributed by atoms with Gasteiger partial charge in [0, 0.05) is 17.4 Å². The third-order valence-electron chi connectivity index (χ3n) is 4.47. The summed E-state index contributed by atoms with van der Waals surface area (Å²) < 4.78 is 5.51. The lowest BCUT2D eigenvalue weighted by molar-refractivity contribution is -0.140. The summed E-state index contributed by atoms with van der Waals surface area (Å²) in [7, 11) is 0. The Morgan fingerprint density at radius 2 is 2.28 bits per heavy atom. The Labute approximate surface area is 106 Å². The largest absolute Gasteiger partial charge is 0.457 e. The normalized spacial score (nSPS) is 34.7. The van der Waals surface area contributed by atoms with Crippen molar-refractivity contribution in [1.82, 2.24) is 0 Å². The van der Waals surface area contributed by atoms with Crippen molar-refractivity contribution in [3.63, 3.8) is 0 Å². The Morgan fingerprint density at radius 1 is 1.50 bits per heavy atom. The van der Waals surface area contributed by atoms with Gasteiger partial charge < -0.3 is 4.74 Å². The van der Waals surface area contributed by atoms with E-state index < -0.39 is 0 Å². The number of allylic oxidation sites excluding steroid dienone is 2. The molecule has 0 spiro atoms. The minimum Gasteiger partial charge on any atom is -0.457 e. The quantitative estimate of drug-likeness (QED) is 0.308. The van der Waals surface area contributed by atoms with Gasteiger partial charge in [0.1, 0.15) is 12.4 Å². The Morgan fingerprint density at radius 3 is 3.00 bits per heavy atom. The molecule has 0 aromatic carbocycles. The van der Waals surface area contributed by atoms with Gasteiger partial charge in [-0.25, -0.2) is 4.79 Å². The Hall–Kier alpha value is -1.64. The average molecular weight is 244 g/mol. The molecule has 3 atom stereocenters. The average Bonchev–Trinajstić information content (AvgIpc) is 2.79. The zero-order chi connectivity index (χ0) is 12.9. The summed E-state index contributed by atoms with van der Waals surface area (Å²) in [6.45, 7) is 5.90. The molecular weight excluding hydrogens is 228 g/mol. The van der Waals surface area contributed by atoms with Crippen LogP contribution >= 0.6 is 0 Å². The Balaban J connectivity index is 2.06. The maximum atomic E-state index is 11.7. The van der Waals surface area contributed by atoms with Gasteiger partial charge in [-0.05, 0) is 37.3 Å². The van der Waals surface area contributed by atoms with Gasteiger partial charge in [-0.2, -0.15) is 0 Å². The first-order chi connectivity index (χ1) is 8.63. The monoisotopic (exact) mass is 244 g/mol. The molecule has 0 saturated carbocycles. The fraction of sp³-hybridized carbons (Fsp3) is 0.467. The summed E-state index contributed by atoms with van der Waals surface area (Å²) in [5.41, 5.74) is 3.83. The van der Waals surface area contributed by atoms with Crippen molar-refractivity contribution in [2.24, 2.45) is 11.8 Å². The minimum atomic E-state index is -0.265. The first-order valence-corrected chi connectivity index (χ1v) is 6.37. The van der Waals surface area contributed by atoms with E-state index >= 15 is 0 Å². The highest BCUT2D eigenvalue weighted by atomic mass is 16.6. The minimum absolute atomic E-state index is 0.0661. The number of aldehydes is 1. The van der Waals surface area contributed by atoms with E-state index in [2.05, 4.69) is 19.6 Å². The maximum Gasteiger partial charge on any atom is 0.334 e. The molecule has 3 heteroatoms. The molecule has 0 radical (unpaired) electrons. The van der Waals surface area contributed by atoms with Gasteiger partial charge in [0.15, 0.2) is 0 Å². The molecule has 0 bridgehead atoms. The lowest BCUT2D eigenvalue weighted by atomic mass is 9.83. The van der Waals surface area contributed by atoms with Gasteiger partial charge in [0.05, 0.1) is 0 Å². The van der Waals surface area contributed by atoms with Gasteiger partial charge in [-0.3, -0.25) is 4.79 Å². The summed E-state index contributed by atoms with van der Waals surface area (Å²) in [5, 5.41) is 0. The van der Waals surface area contributed by atoms with E-state index in [9.17, 15) is 9.59 Å². The van der Waals surface area contributed by atoms with Crippen LogP contribution in [-0.4, -0.2) is 18.4 Å². The fourth-order valence-corrected chi connectivity index (χ4v) is 3.46. The van der Waals surface area contributed by atoms with E-state index in [0.29, 0.717) is 5.57 Å². The molecule has 3 aliphatic rings. The molecule has 18 heavy (non-hydrogen) atoms. The molecule has 3 nitrogen and oxygen atoms in total. The lowest BCUT2D eigenvalue weighted by Gasteiger charge is -2.24. The van der Waals surface area contributed by atoms with Crippen LogP contribution in [0, 0.1) is 11.8 Å². The Kier molecular flexibility index (Phi) is 2.51. The molecule has 1 aliphatic heterocycles. The molecule has 0 aromatic heterocycles. The summed E-state index contributed by atoms with van der Waals surface area (Å²) >= 11 is 0. The topological polar surface area (TPSA) is 43.4 Å². The molecule has 94 valence electrons. The summed E-state index contributed by atoms with van der Waals surface area (Å²) in [6.07, 6.45) is 5.30. The van der Waals surface area contributed by atoms with E-state index in [1.165, 1.54) is 5.57 Å². The van der Waals surface area contributed by atoms with Crippen LogP contribution in [0.2, 0.25) is 0 Å². The van der Waals surface area contributed by atoms with Crippen LogP contribution in [-0.2, 0) is 14.3 Å². The number of hydrogen-bond acceptors (Lipinski definition) is 3. The number of rotatable bonds is 1. The van der Waals surface area contributed by atoms with Crippen molar-refractivity contribution >= 4 is 12.3 Å². The van der Waals surface area contributed by atoms with Gasteiger partial charge in [-0.1, -0.05) is 18.2 Å². The third-order valence-corrected chi connectivity index (χ3v) is 4.47. The SMILES string of the molecule is C=C1C(=O)OC2C1CCC(C=O)=C1CC=C(C)C12. The molecular formula is C15H16O3. The predicted octanol–water partition coefficient (Wildman–Crippen LogP) is 2.34. The van der Waals surface area contributed by atoms with Crippen LogP contribution in [0.1, 0.15) is 26.2 Å². The van der Waals surface area contributed by atoms with Gasteiger partial charge >= 0.3 is 5.97 Å².